The average molecular weight is 208 g/mol. The molecule has 0 aromatic carbocycles. The molecular formula is C8H20N2O4. The summed E-state index contributed by atoms with van der Waals surface area (Å²) < 4.78 is 0. The fraction of sp³-hybridized carbons (Fsp3) is 0.750. The Morgan fingerprint density at radius 2 is 1.57 bits per heavy atom. The second-order valence-corrected chi connectivity index (χ2v) is 3.62. The van der Waals surface area contributed by atoms with Gasteiger partial charge in [-0.25, -0.2) is 0 Å². The van der Waals surface area contributed by atoms with Gasteiger partial charge in [0, 0.05) is 0 Å². The topological polar surface area (TPSA) is 145 Å². The maximum Gasteiger partial charge on any atom is 0.306 e. The third-order valence-electron chi connectivity index (χ3n) is 2.15. The first kappa shape index (κ1) is 18.6. The van der Waals surface area contributed by atoms with E-state index in [-0.39, 0.29) is 18.7 Å². The van der Waals surface area contributed by atoms with Crippen LogP contribution in [0.3, 0.4) is 0 Å². The molecule has 0 saturated heterocycles. The van der Waals surface area contributed by atoms with Crippen LogP contribution in [0.25, 0.3) is 0 Å². The summed E-state index contributed by atoms with van der Waals surface area (Å²) in [4.78, 5) is 20.9. The molecule has 6 heteroatoms. The van der Waals surface area contributed by atoms with E-state index in [9.17, 15) is 9.59 Å². The highest BCUT2D eigenvalue weighted by Gasteiger charge is 2.33. The van der Waals surface area contributed by atoms with E-state index in [4.69, 9.17) is 10.2 Å². The average Bonchev–Trinajstić information content (AvgIpc) is 1.82. The maximum atomic E-state index is 10.5. The van der Waals surface area contributed by atoms with Gasteiger partial charge in [0.1, 0.15) is 0 Å². The summed E-state index contributed by atoms with van der Waals surface area (Å²) >= 11 is 0. The van der Waals surface area contributed by atoms with E-state index >= 15 is 0 Å². The predicted octanol–water partition coefficient (Wildman–Crippen LogP) is 1.53. The van der Waals surface area contributed by atoms with Crippen molar-refractivity contribution >= 4 is 11.9 Å². The molecule has 0 amide bonds. The van der Waals surface area contributed by atoms with E-state index in [2.05, 4.69) is 0 Å². The van der Waals surface area contributed by atoms with Gasteiger partial charge in [0.05, 0.1) is 12.3 Å². The molecule has 0 aliphatic rings. The zero-order valence-corrected chi connectivity index (χ0v) is 8.91. The Labute approximate surface area is 83.5 Å². The molecule has 86 valence electrons. The standard InChI is InChI=1S/C8H14O4.2H3N/c1-5(7(11)12)8(2,3)4-6(9)10;;/h5H,4H2,1-3H3,(H,9,10)(H,11,12);2*1H3. The highest BCUT2D eigenvalue weighted by Crippen LogP contribution is 2.30. The van der Waals surface area contributed by atoms with Crippen molar-refractivity contribution < 1.29 is 19.8 Å². The van der Waals surface area contributed by atoms with Crippen molar-refractivity contribution in [3.05, 3.63) is 0 Å². The van der Waals surface area contributed by atoms with E-state index in [1.807, 2.05) is 0 Å². The van der Waals surface area contributed by atoms with Crippen LogP contribution in [0.5, 0.6) is 0 Å². The zero-order chi connectivity index (χ0) is 9.94. The van der Waals surface area contributed by atoms with Gasteiger partial charge in [0.25, 0.3) is 0 Å². The van der Waals surface area contributed by atoms with Gasteiger partial charge < -0.3 is 22.5 Å². The largest absolute Gasteiger partial charge is 0.481 e. The van der Waals surface area contributed by atoms with Crippen LogP contribution in [0.1, 0.15) is 27.2 Å². The Kier molecular flexibility index (Phi) is 8.42. The third-order valence-corrected chi connectivity index (χ3v) is 2.15. The van der Waals surface area contributed by atoms with Gasteiger partial charge in [0.15, 0.2) is 0 Å². The predicted molar refractivity (Wildman–Crippen MR) is 52.9 cm³/mol. The van der Waals surface area contributed by atoms with E-state index in [1.165, 1.54) is 6.92 Å². The highest BCUT2D eigenvalue weighted by molar-refractivity contribution is 5.73. The molecule has 14 heavy (non-hydrogen) atoms. The first-order valence-electron chi connectivity index (χ1n) is 3.72. The lowest BCUT2D eigenvalue weighted by Gasteiger charge is -2.26. The SMILES string of the molecule is CC(C(=O)O)C(C)(C)CC(=O)O.N.N. The number of hydrogen-bond donors (Lipinski definition) is 4. The number of carbonyl (C=O) groups is 2. The Morgan fingerprint density at radius 1 is 1.21 bits per heavy atom. The maximum absolute atomic E-state index is 10.5. The molecule has 6 nitrogen and oxygen atoms in total. The zero-order valence-electron chi connectivity index (χ0n) is 8.91. The Balaban J connectivity index is -0.000000605. The van der Waals surface area contributed by atoms with Crippen LogP contribution in [0.4, 0.5) is 0 Å². The Morgan fingerprint density at radius 3 is 1.79 bits per heavy atom. The summed E-state index contributed by atoms with van der Waals surface area (Å²) in [5, 5.41) is 17.1. The van der Waals surface area contributed by atoms with Crippen molar-refractivity contribution in [2.45, 2.75) is 27.2 Å². The molecule has 0 saturated carbocycles. The minimum atomic E-state index is -0.965. The lowest BCUT2D eigenvalue weighted by atomic mass is 9.77. The molecule has 1 unspecified atom stereocenters. The lowest BCUT2D eigenvalue weighted by molar-refractivity contribution is -0.147. The second-order valence-electron chi connectivity index (χ2n) is 3.62. The monoisotopic (exact) mass is 208 g/mol. The minimum absolute atomic E-state index is 0. The van der Waals surface area contributed by atoms with Gasteiger partial charge in [-0.2, -0.15) is 0 Å². The normalized spacial score (nSPS) is 11.9. The highest BCUT2D eigenvalue weighted by atomic mass is 16.4. The van der Waals surface area contributed by atoms with Gasteiger partial charge in [-0.3, -0.25) is 9.59 Å². The van der Waals surface area contributed by atoms with Crippen molar-refractivity contribution in [2.75, 3.05) is 0 Å². The summed E-state index contributed by atoms with van der Waals surface area (Å²) in [6, 6.07) is 0. The van der Waals surface area contributed by atoms with Gasteiger partial charge in [-0.1, -0.05) is 20.8 Å². The van der Waals surface area contributed by atoms with Crippen molar-refractivity contribution in [2.24, 2.45) is 11.3 Å². The molecule has 0 heterocycles. The number of rotatable bonds is 4. The molecule has 8 N–H and O–H groups in total. The van der Waals surface area contributed by atoms with Crippen molar-refractivity contribution in [1.82, 2.24) is 12.3 Å². The molecule has 0 spiro atoms. The summed E-state index contributed by atoms with van der Waals surface area (Å²) in [6.07, 6.45) is -0.125. The first-order valence-corrected chi connectivity index (χ1v) is 3.72. The minimum Gasteiger partial charge on any atom is -0.481 e. The van der Waals surface area contributed by atoms with Gasteiger partial charge in [-0.05, 0) is 5.41 Å². The Bertz CT molecular complexity index is 204. The van der Waals surface area contributed by atoms with E-state index < -0.39 is 23.3 Å². The third kappa shape index (κ3) is 5.50. The fourth-order valence-electron chi connectivity index (χ4n) is 0.877. The molecule has 0 fully saturated rings. The summed E-state index contributed by atoms with van der Waals surface area (Å²) in [5.41, 5.74) is -0.697. The Hall–Kier alpha value is -1.14. The second kappa shape index (κ2) is 6.33. The van der Waals surface area contributed by atoms with Gasteiger partial charge in [-0.15, -0.1) is 0 Å². The lowest BCUT2D eigenvalue weighted by Crippen LogP contribution is -2.30. The van der Waals surface area contributed by atoms with Crippen LogP contribution in [0, 0.1) is 11.3 Å². The molecule has 0 rings (SSSR count). The molecule has 1 atom stereocenters. The fourth-order valence-corrected chi connectivity index (χ4v) is 0.877. The quantitative estimate of drug-likeness (QED) is 0.551. The number of aliphatic carboxylic acids is 2. The van der Waals surface area contributed by atoms with E-state index in [0.29, 0.717) is 0 Å². The van der Waals surface area contributed by atoms with Gasteiger partial charge >= 0.3 is 11.9 Å². The molecule has 0 aromatic rings. The van der Waals surface area contributed by atoms with Crippen LogP contribution in [0.15, 0.2) is 0 Å². The van der Waals surface area contributed by atoms with E-state index in [0.717, 1.165) is 0 Å². The number of carboxylic acids is 2. The van der Waals surface area contributed by atoms with Crippen molar-refractivity contribution in [3.8, 4) is 0 Å². The molecule has 0 aliphatic carbocycles. The molecule has 0 radical (unpaired) electrons. The van der Waals surface area contributed by atoms with Crippen LogP contribution in [0.2, 0.25) is 0 Å². The van der Waals surface area contributed by atoms with Crippen molar-refractivity contribution in [1.29, 1.82) is 0 Å². The first-order chi connectivity index (χ1) is 5.27. The summed E-state index contributed by atoms with van der Waals surface area (Å²) in [5.74, 6) is -2.57. The van der Waals surface area contributed by atoms with Crippen molar-refractivity contribution in [3.63, 3.8) is 0 Å². The summed E-state index contributed by atoms with van der Waals surface area (Å²) in [7, 11) is 0. The molecule has 0 aliphatic heterocycles. The van der Waals surface area contributed by atoms with Crippen LogP contribution >= 0.6 is 0 Å². The molecule has 0 bridgehead atoms. The van der Waals surface area contributed by atoms with Crippen LogP contribution < -0.4 is 12.3 Å². The number of hydrogen-bond acceptors (Lipinski definition) is 4. The smallest absolute Gasteiger partial charge is 0.306 e. The molecule has 0 aromatic heterocycles. The van der Waals surface area contributed by atoms with Crippen LogP contribution in [-0.4, -0.2) is 22.2 Å². The van der Waals surface area contributed by atoms with E-state index in [1.54, 1.807) is 13.8 Å². The summed E-state index contributed by atoms with van der Waals surface area (Å²) in [6.45, 7) is 4.80. The van der Waals surface area contributed by atoms with Gasteiger partial charge in [0.2, 0.25) is 0 Å². The molecular weight excluding hydrogens is 188 g/mol. The number of carboxylic acid groups (broad SMARTS) is 2. The van der Waals surface area contributed by atoms with Crippen LogP contribution in [-0.2, 0) is 9.59 Å².